The molecule has 2 aromatic carbocycles. The van der Waals surface area contributed by atoms with Crippen LogP contribution in [0.15, 0.2) is 54.9 Å². The van der Waals surface area contributed by atoms with E-state index in [0.717, 1.165) is 11.0 Å². The summed E-state index contributed by atoms with van der Waals surface area (Å²) in [5.41, 5.74) is 0.696. The van der Waals surface area contributed by atoms with E-state index >= 15 is 0 Å². The Hall–Kier alpha value is -2.93. The topological polar surface area (TPSA) is 67.6 Å². The molecule has 0 bridgehead atoms. The number of nitrogens with zero attached hydrogens (tertiary/aromatic N) is 3. The molecule has 31 heavy (non-hydrogen) atoms. The van der Waals surface area contributed by atoms with E-state index in [1.54, 1.807) is 23.4 Å². The van der Waals surface area contributed by atoms with Crippen LogP contribution in [0.1, 0.15) is 26.7 Å². The first-order valence-electron chi connectivity index (χ1n) is 10.7. The van der Waals surface area contributed by atoms with E-state index in [1.807, 2.05) is 28.8 Å². The maximum absolute atomic E-state index is 13.3. The molecule has 1 aromatic heterocycles. The van der Waals surface area contributed by atoms with E-state index in [4.69, 9.17) is 4.74 Å². The second-order valence-corrected chi connectivity index (χ2v) is 8.71. The lowest BCUT2D eigenvalue weighted by atomic mass is 9.81. The van der Waals surface area contributed by atoms with E-state index in [2.05, 4.69) is 18.8 Å². The van der Waals surface area contributed by atoms with Gasteiger partial charge in [-0.15, -0.1) is 0 Å². The molecule has 2 atom stereocenters. The third-order valence-electron chi connectivity index (χ3n) is 5.84. The molecule has 1 aliphatic rings. The third-order valence-corrected chi connectivity index (χ3v) is 5.84. The van der Waals surface area contributed by atoms with Gasteiger partial charge < -0.3 is 19.3 Å². The van der Waals surface area contributed by atoms with Crippen molar-refractivity contribution in [2.75, 3.05) is 13.1 Å². The molecule has 1 fully saturated rings. The number of hydrogen-bond donors (Lipinski definition) is 1. The number of aromatic nitrogens is 2. The second-order valence-electron chi connectivity index (χ2n) is 8.71. The Morgan fingerprint density at radius 1 is 1.26 bits per heavy atom. The van der Waals surface area contributed by atoms with Crippen molar-refractivity contribution in [2.45, 2.75) is 44.9 Å². The van der Waals surface area contributed by atoms with Crippen LogP contribution >= 0.6 is 0 Å². The zero-order chi connectivity index (χ0) is 22.0. The minimum Gasteiger partial charge on any atom is -0.486 e. The number of piperidine rings is 1. The summed E-state index contributed by atoms with van der Waals surface area (Å²) in [6.07, 6.45) is 2.06. The van der Waals surface area contributed by atoms with Crippen LogP contribution in [0, 0.1) is 11.7 Å². The van der Waals surface area contributed by atoms with E-state index in [1.165, 1.54) is 12.1 Å². The average Bonchev–Trinajstić information content (AvgIpc) is 3.13. The summed E-state index contributed by atoms with van der Waals surface area (Å²) in [4.78, 5) is 19.2. The summed E-state index contributed by atoms with van der Waals surface area (Å²) in [6.45, 7) is 5.00. The number of fused-ring (bicyclic) bond motifs is 1. The molecule has 3 aromatic rings. The minimum absolute atomic E-state index is 0.0533. The number of hydrogen-bond acceptors (Lipinski definition) is 4. The largest absolute Gasteiger partial charge is 0.486 e. The number of aliphatic hydroxyl groups is 1. The molecule has 2 heterocycles. The number of carbonyl (C=O) groups excluding carboxylic acids is 1. The molecule has 0 spiro atoms. The van der Waals surface area contributed by atoms with Crippen molar-refractivity contribution < 1.29 is 19.0 Å². The van der Waals surface area contributed by atoms with Gasteiger partial charge in [-0.25, -0.2) is 9.37 Å². The SMILES string of the molecule is CC(C)C[C@]1(O)CCN(C(=O)Cn2cnc3ccccc32)C[C@@H]1Oc1ccc(F)cc1. The van der Waals surface area contributed by atoms with Gasteiger partial charge in [0.15, 0.2) is 0 Å². The number of halogens is 1. The van der Waals surface area contributed by atoms with Crippen LogP contribution in [0.4, 0.5) is 4.39 Å². The zero-order valence-corrected chi connectivity index (χ0v) is 17.9. The standard InChI is InChI=1S/C24H28FN3O3/c1-17(2)13-24(30)11-12-27(14-22(24)31-19-9-7-18(25)8-10-19)23(29)15-28-16-26-20-5-3-4-6-21(20)28/h3-10,16-17,22,30H,11-15H2,1-2H3/t22-,24+/m0/s1. The lowest BCUT2D eigenvalue weighted by molar-refractivity contribution is -0.148. The summed E-state index contributed by atoms with van der Waals surface area (Å²) in [7, 11) is 0. The Morgan fingerprint density at radius 2 is 2.00 bits per heavy atom. The second kappa shape index (κ2) is 8.67. The first-order valence-corrected chi connectivity index (χ1v) is 10.7. The van der Waals surface area contributed by atoms with Gasteiger partial charge in [0.25, 0.3) is 0 Å². The first kappa shape index (κ1) is 21.3. The fourth-order valence-corrected chi connectivity index (χ4v) is 4.32. The van der Waals surface area contributed by atoms with Gasteiger partial charge in [-0.1, -0.05) is 26.0 Å². The summed E-state index contributed by atoms with van der Waals surface area (Å²) < 4.78 is 21.2. The quantitative estimate of drug-likeness (QED) is 0.655. The zero-order valence-electron chi connectivity index (χ0n) is 17.9. The van der Waals surface area contributed by atoms with Crippen LogP contribution in [-0.4, -0.2) is 50.3 Å². The third kappa shape index (κ3) is 4.71. The van der Waals surface area contributed by atoms with Crippen molar-refractivity contribution in [1.29, 1.82) is 0 Å². The average molecular weight is 426 g/mol. The Labute approximate surface area is 181 Å². The van der Waals surface area contributed by atoms with Crippen molar-refractivity contribution in [3.8, 4) is 5.75 Å². The molecule has 6 nitrogen and oxygen atoms in total. The highest BCUT2D eigenvalue weighted by molar-refractivity contribution is 5.80. The highest BCUT2D eigenvalue weighted by atomic mass is 19.1. The van der Waals surface area contributed by atoms with E-state index in [0.29, 0.717) is 25.1 Å². The number of amides is 1. The van der Waals surface area contributed by atoms with Gasteiger partial charge in [-0.2, -0.15) is 0 Å². The molecular weight excluding hydrogens is 397 g/mol. The Bertz CT molecular complexity index is 1050. The molecule has 0 aliphatic carbocycles. The summed E-state index contributed by atoms with van der Waals surface area (Å²) in [5.74, 6) is 0.340. The van der Waals surface area contributed by atoms with E-state index in [9.17, 15) is 14.3 Å². The lowest BCUT2D eigenvalue weighted by Gasteiger charge is -2.45. The van der Waals surface area contributed by atoms with Crippen molar-refractivity contribution in [1.82, 2.24) is 14.5 Å². The van der Waals surface area contributed by atoms with Gasteiger partial charge in [0.1, 0.15) is 29.8 Å². The van der Waals surface area contributed by atoms with Gasteiger partial charge in [-0.3, -0.25) is 4.79 Å². The summed E-state index contributed by atoms with van der Waals surface area (Å²) in [5, 5.41) is 11.4. The van der Waals surface area contributed by atoms with Gasteiger partial charge in [0.2, 0.25) is 5.91 Å². The molecule has 0 saturated carbocycles. The van der Waals surface area contributed by atoms with Gasteiger partial charge in [0.05, 0.1) is 23.9 Å². The van der Waals surface area contributed by atoms with Crippen molar-refractivity contribution in [3.05, 3.63) is 60.7 Å². The number of rotatable bonds is 6. The van der Waals surface area contributed by atoms with Crippen LogP contribution in [0.25, 0.3) is 11.0 Å². The molecule has 0 radical (unpaired) electrons. The normalized spacial score (nSPS) is 21.6. The summed E-state index contributed by atoms with van der Waals surface area (Å²) >= 11 is 0. The van der Waals surface area contributed by atoms with E-state index in [-0.39, 0.29) is 30.7 Å². The monoisotopic (exact) mass is 425 g/mol. The molecular formula is C24H28FN3O3. The molecule has 1 aliphatic heterocycles. The molecule has 164 valence electrons. The van der Waals surface area contributed by atoms with Crippen LogP contribution in [-0.2, 0) is 11.3 Å². The highest BCUT2D eigenvalue weighted by Gasteiger charge is 2.44. The van der Waals surface area contributed by atoms with Crippen molar-refractivity contribution in [3.63, 3.8) is 0 Å². The Morgan fingerprint density at radius 3 is 2.74 bits per heavy atom. The van der Waals surface area contributed by atoms with Gasteiger partial charge in [-0.05, 0) is 55.2 Å². The lowest BCUT2D eigenvalue weighted by Crippen LogP contribution is -2.59. The van der Waals surface area contributed by atoms with E-state index < -0.39 is 11.7 Å². The van der Waals surface area contributed by atoms with Crippen LogP contribution in [0.2, 0.25) is 0 Å². The molecule has 1 N–H and O–H groups in total. The smallest absolute Gasteiger partial charge is 0.242 e. The van der Waals surface area contributed by atoms with Gasteiger partial charge >= 0.3 is 0 Å². The maximum Gasteiger partial charge on any atom is 0.242 e. The Balaban J connectivity index is 1.51. The molecule has 7 heteroatoms. The molecule has 0 unspecified atom stereocenters. The fourth-order valence-electron chi connectivity index (χ4n) is 4.32. The van der Waals surface area contributed by atoms with Crippen molar-refractivity contribution >= 4 is 16.9 Å². The fraction of sp³-hybridized carbons (Fsp3) is 0.417. The maximum atomic E-state index is 13.3. The molecule has 1 amide bonds. The first-order chi connectivity index (χ1) is 14.8. The predicted octanol–water partition coefficient (Wildman–Crippen LogP) is 3.63. The minimum atomic E-state index is -1.05. The predicted molar refractivity (Wildman–Crippen MR) is 116 cm³/mol. The molecule has 4 rings (SSSR count). The van der Waals surface area contributed by atoms with Gasteiger partial charge in [0, 0.05) is 6.54 Å². The number of carbonyl (C=O) groups is 1. The van der Waals surface area contributed by atoms with Crippen LogP contribution in [0.5, 0.6) is 5.75 Å². The number of para-hydroxylation sites is 2. The Kier molecular flexibility index (Phi) is 5.96. The van der Waals surface area contributed by atoms with Crippen molar-refractivity contribution in [2.24, 2.45) is 5.92 Å². The van der Waals surface area contributed by atoms with Crippen LogP contribution < -0.4 is 4.74 Å². The number of likely N-dealkylation sites (tertiary alicyclic amines) is 1. The number of ether oxygens (including phenoxy) is 1. The molecule has 1 saturated heterocycles. The highest BCUT2D eigenvalue weighted by Crippen LogP contribution is 2.32. The number of imidazole rings is 1. The number of benzene rings is 2. The summed E-state index contributed by atoms with van der Waals surface area (Å²) in [6, 6.07) is 13.4. The van der Waals surface area contributed by atoms with Crippen LogP contribution in [0.3, 0.4) is 0 Å².